The molecule has 0 bridgehead atoms. The number of hydrogen-bond donors (Lipinski definition) is 1. The van der Waals surface area contributed by atoms with Gasteiger partial charge in [0.15, 0.2) is 5.82 Å². The van der Waals surface area contributed by atoms with Crippen molar-refractivity contribution in [3.8, 4) is 17.0 Å². The predicted molar refractivity (Wildman–Crippen MR) is 108 cm³/mol. The van der Waals surface area contributed by atoms with Gasteiger partial charge in [0.25, 0.3) is 0 Å². The summed E-state index contributed by atoms with van der Waals surface area (Å²) in [6.45, 7) is 0.578. The van der Waals surface area contributed by atoms with E-state index in [1.807, 2.05) is 54.6 Å². The zero-order valence-corrected chi connectivity index (χ0v) is 15.4. The number of halogens is 1. The number of aromatic nitrogens is 3. The van der Waals surface area contributed by atoms with Crippen LogP contribution in [0.5, 0.6) is 5.75 Å². The molecule has 2 heterocycles. The number of anilines is 1. The first kappa shape index (κ1) is 17.2. The van der Waals surface area contributed by atoms with Gasteiger partial charge in [-0.15, -0.1) is 10.2 Å². The van der Waals surface area contributed by atoms with Gasteiger partial charge in [-0.2, -0.15) is 0 Å². The van der Waals surface area contributed by atoms with Crippen LogP contribution in [0.3, 0.4) is 0 Å². The topological polar surface area (TPSA) is 59.9 Å². The molecule has 5 nitrogen and oxygen atoms in total. The highest BCUT2D eigenvalue weighted by Crippen LogP contribution is 2.30. The third-order valence-electron chi connectivity index (χ3n) is 4.30. The van der Waals surface area contributed by atoms with Gasteiger partial charge in [0, 0.05) is 35.3 Å². The van der Waals surface area contributed by atoms with Crippen molar-refractivity contribution in [2.24, 2.45) is 0 Å². The minimum atomic E-state index is 0.578. The van der Waals surface area contributed by atoms with Crippen LogP contribution in [-0.4, -0.2) is 22.3 Å². The largest absolute Gasteiger partial charge is 0.495 e. The third kappa shape index (κ3) is 3.55. The van der Waals surface area contributed by atoms with Gasteiger partial charge in [0.05, 0.1) is 12.1 Å². The summed E-state index contributed by atoms with van der Waals surface area (Å²) in [6.07, 6.45) is 3.54. The molecular weight excluding hydrogens is 360 g/mol. The van der Waals surface area contributed by atoms with Crippen LogP contribution in [-0.2, 0) is 6.54 Å². The van der Waals surface area contributed by atoms with E-state index in [0.717, 1.165) is 33.4 Å². The second-order valence-electron chi connectivity index (χ2n) is 6.01. The summed E-state index contributed by atoms with van der Waals surface area (Å²) < 4.78 is 5.20. The van der Waals surface area contributed by atoms with Crippen molar-refractivity contribution in [1.82, 2.24) is 15.2 Å². The van der Waals surface area contributed by atoms with Crippen molar-refractivity contribution >= 4 is 28.2 Å². The minimum absolute atomic E-state index is 0.578. The second-order valence-corrected chi connectivity index (χ2v) is 6.41. The van der Waals surface area contributed by atoms with E-state index in [1.54, 1.807) is 19.5 Å². The van der Waals surface area contributed by atoms with Crippen LogP contribution in [0.1, 0.15) is 5.56 Å². The zero-order chi connectivity index (χ0) is 18.6. The fourth-order valence-corrected chi connectivity index (χ4v) is 3.24. The minimum Gasteiger partial charge on any atom is -0.495 e. The highest BCUT2D eigenvalue weighted by Gasteiger charge is 2.11. The zero-order valence-electron chi connectivity index (χ0n) is 14.7. The quantitative estimate of drug-likeness (QED) is 0.533. The van der Waals surface area contributed by atoms with E-state index in [0.29, 0.717) is 17.3 Å². The summed E-state index contributed by atoms with van der Waals surface area (Å²) in [5.74, 6) is 1.39. The van der Waals surface area contributed by atoms with Crippen LogP contribution >= 0.6 is 11.6 Å². The number of benzene rings is 2. The Morgan fingerprint density at radius 1 is 1.00 bits per heavy atom. The van der Waals surface area contributed by atoms with E-state index in [9.17, 15) is 0 Å². The molecule has 0 aliphatic heterocycles. The van der Waals surface area contributed by atoms with Crippen molar-refractivity contribution in [3.05, 3.63) is 77.6 Å². The Morgan fingerprint density at radius 3 is 2.59 bits per heavy atom. The SMILES string of the molecule is COc1ccc(CNc2nnc(-c3cccnc3)c3ccccc23)cc1Cl. The van der Waals surface area contributed by atoms with Crippen molar-refractivity contribution in [1.29, 1.82) is 0 Å². The van der Waals surface area contributed by atoms with Crippen LogP contribution in [0, 0.1) is 0 Å². The molecule has 0 amide bonds. The summed E-state index contributed by atoms with van der Waals surface area (Å²) in [5, 5.41) is 14.8. The molecule has 4 rings (SSSR count). The maximum absolute atomic E-state index is 6.21. The molecule has 0 radical (unpaired) electrons. The van der Waals surface area contributed by atoms with Crippen molar-refractivity contribution in [2.45, 2.75) is 6.54 Å². The fraction of sp³-hybridized carbons (Fsp3) is 0.0952. The highest BCUT2D eigenvalue weighted by atomic mass is 35.5. The highest BCUT2D eigenvalue weighted by molar-refractivity contribution is 6.32. The molecule has 4 aromatic rings. The molecular formula is C21H17ClN4O. The molecule has 0 fully saturated rings. The number of ether oxygens (including phenoxy) is 1. The monoisotopic (exact) mass is 376 g/mol. The van der Waals surface area contributed by atoms with Gasteiger partial charge < -0.3 is 10.1 Å². The van der Waals surface area contributed by atoms with Crippen molar-refractivity contribution in [3.63, 3.8) is 0 Å². The summed E-state index contributed by atoms with van der Waals surface area (Å²) in [4.78, 5) is 4.18. The number of fused-ring (bicyclic) bond motifs is 1. The molecule has 2 aromatic heterocycles. The molecule has 0 aliphatic carbocycles. The molecule has 0 aliphatic rings. The lowest BCUT2D eigenvalue weighted by atomic mass is 10.1. The van der Waals surface area contributed by atoms with Crippen LogP contribution in [0.15, 0.2) is 67.0 Å². The molecule has 134 valence electrons. The summed E-state index contributed by atoms with van der Waals surface area (Å²) in [5.41, 5.74) is 2.79. The average Bonchev–Trinajstić information content (AvgIpc) is 2.72. The molecule has 6 heteroatoms. The first-order valence-electron chi connectivity index (χ1n) is 8.48. The molecule has 2 aromatic carbocycles. The first-order chi connectivity index (χ1) is 13.3. The van der Waals surface area contributed by atoms with Gasteiger partial charge in [-0.3, -0.25) is 4.98 Å². The smallest absolute Gasteiger partial charge is 0.156 e. The third-order valence-corrected chi connectivity index (χ3v) is 4.59. The number of nitrogens with zero attached hydrogens (tertiary/aromatic N) is 3. The lowest BCUT2D eigenvalue weighted by Gasteiger charge is -2.12. The van der Waals surface area contributed by atoms with Gasteiger partial charge in [0.2, 0.25) is 0 Å². The molecule has 0 saturated heterocycles. The summed E-state index contributed by atoms with van der Waals surface area (Å²) in [7, 11) is 1.60. The molecule has 0 unspecified atom stereocenters. The lowest BCUT2D eigenvalue weighted by Crippen LogP contribution is -2.04. The molecule has 0 atom stereocenters. The van der Waals surface area contributed by atoms with Crippen molar-refractivity contribution < 1.29 is 4.74 Å². The Kier molecular flexibility index (Phi) is 4.85. The van der Waals surface area contributed by atoms with Gasteiger partial charge in [0.1, 0.15) is 11.4 Å². The number of nitrogens with one attached hydrogen (secondary N) is 1. The number of methoxy groups -OCH3 is 1. The van der Waals surface area contributed by atoms with E-state index in [1.165, 1.54) is 0 Å². The Hall–Kier alpha value is -3.18. The van der Waals surface area contributed by atoms with Crippen LogP contribution < -0.4 is 10.1 Å². The standard InChI is InChI=1S/C21H17ClN4O/c1-27-19-9-8-14(11-18(19)22)12-24-21-17-7-3-2-6-16(17)20(25-26-21)15-5-4-10-23-13-15/h2-11,13H,12H2,1H3,(H,24,26). The van der Waals surface area contributed by atoms with E-state index in [-0.39, 0.29) is 0 Å². The Labute approximate surface area is 162 Å². The van der Waals surface area contributed by atoms with E-state index < -0.39 is 0 Å². The molecule has 0 saturated carbocycles. The Bertz CT molecular complexity index is 1090. The maximum atomic E-state index is 6.21. The lowest BCUT2D eigenvalue weighted by molar-refractivity contribution is 0.415. The summed E-state index contributed by atoms with van der Waals surface area (Å²) in [6, 6.07) is 17.7. The van der Waals surface area contributed by atoms with Crippen molar-refractivity contribution in [2.75, 3.05) is 12.4 Å². The molecule has 0 spiro atoms. The molecule has 27 heavy (non-hydrogen) atoms. The van der Waals surface area contributed by atoms with Gasteiger partial charge >= 0.3 is 0 Å². The predicted octanol–water partition coefficient (Wildman–Crippen LogP) is 4.97. The molecule has 1 N–H and O–H groups in total. The average molecular weight is 377 g/mol. The normalized spacial score (nSPS) is 10.7. The van der Waals surface area contributed by atoms with Crippen LogP contribution in [0.2, 0.25) is 5.02 Å². The van der Waals surface area contributed by atoms with Crippen LogP contribution in [0.25, 0.3) is 22.0 Å². The fourth-order valence-electron chi connectivity index (χ4n) is 2.96. The number of hydrogen-bond acceptors (Lipinski definition) is 5. The Morgan fingerprint density at radius 2 is 1.85 bits per heavy atom. The van der Waals surface area contributed by atoms with Gasteiger partial charge in [-0.05, 0) is 29.8 Å². The van der Waals surface area contributed by atoms with Gasteiger partial charge in [-0.1, -0.05) is 41.9 Å². The first-order valence-corrected chi connectivity index (χ1v) is 8.86. The van der Waals surface area contributed by atoms with E-state index >= 15 is 0 Å². The number of rotatable bonds is 5. The summed E-state index contributed by atoms with van der Waals surface area (Å²) >= 11 is 6.21. The van der Waals surface area contributed by atoms with Crippen LogP contribution in [0.4, 0.5) is 5.82 Å². The van der Waals surface area contributed by atoms with E-state index in [2.05, 4.69) is 20.5 Å². The van der Waals surface area contributed by atoms with E-state index in [4.69, 9.17) is 16.3 Å². The maximum Gasteiger partial charge on any atom is 0.156 e. The number of pyridine rings is 1. The Balaban J connectivity index is 1.66. The van der Waals surface area contributed by atoms with Gasteiger partial charge in [-0.25, -0.2) is 0 Å². The second kappa shape index (κ2) is 7.60.